The van der Waals surface area contributed by atoms with Crippen LogP contribution in [0.25, 0.3) is 17.4 Å². The highest BCUT2D eigenvalue weighted by Crippen LogP contribution is 2.35. The number of hydrogen-bond donors (Lipinski definition) is 0. The van der Waals surface area contributed by atoms with Crippen LogP contribution in [0.1, 0.15) is 38.0 Å². The summed E-state index contributed by atoms with van der Waals surface area (Å²) in [6, 6.07) is 19.3. The van der Waals surface area contributed by atoms with Crippen molar-refractivity contribution in [2.24, 2.45) is 10.2 Å². The SMILES string of the molecule is CCN(CC)c1ccc(/C=C2/CCC(C=N/N=C/c3ccc(-c4ccc(SC(F)F)cc4)o3)=C2N2CCOCC2)cc1. The Morgan fingerprint density at radius 1 is 0.905 bits per heavy atom. The highest BCUT2D eigenvalue weighted by molar-refractivity contribution is 7.99. The number of ether oxygens (including phenoxy) is 1. The van der Waals surface area contributed by atoms with Crippen molar-refractivity contribution in [3.05, 3.63) is 88.8 Å². The standard InChI is InChI=1S/C33H36F2N4O2S/c1-3-38(4-2)28-11-5-24(6-12-28)21-26-7-8-27(32(26)39-17-19-40-20-18-39)22-36-37-23-29-13-16-31(41-29)25-9-14-30(15-10-25)42-33(34)35/h5-6,9-16,21-23,33H,3-4,7-8,17-20H2,1-2H3/b26-21-,36-22?,37-23+. The van der Waals surface area contributed by atoms with Gasteiger partial charge in [0.15, 0.2) is 0 Å². The van der Waals surface area contributed by atoms with Crippen molar-refractivity contribution in [1.29, 1.82) is 0 Å². The number of hydrogen-bond acceptors (Lipinski definition) is 7. The Kier molecular flexibility index (Phi) is 10.3. The van der Waals surface area contributed by atoms with Crippen molar-refractivity contribution < 1.29 is 17.9 Å². The van der Waals surface area contributed by atoms with E-state index in [1.807, 2.05) is 18.3 Å². The van der Waals surface area contributed by atoms with Crippen LogP contribution >= 0.6 is 11.8 Å². The van der Waals surface area contributed by atoms with E-state index in [2.05, 4.69) is 64.2 Å². The van der Waals surface area contributed by atoms with Gasteiger partial charge in [0.05, 0.1) is 25.6 Å². The van der Waals surface area contributed by atoms with E-state index in [-0.39, 0.29) is 0 Å². The van der Waals surface area contributed by atoms with Gasteiger partial charge in [-0.25, -0.2) is 0 Å². The third-order valence-corrected chi connectivity index (χ3v) is 8.14. The van der Waals surface area contributed by atoms with E-state index in [9.17, 15) is 8.78 Å². The van der Waals surface area contributed by atoms with Gasteiger partial charge in [-0.15, -0.1) is 0 Å². The van der Waals surface area contributed by atoms with Gasteiger partial charge in [0.2, 0.25) is 0 Å². The third kappa shape index (κ3) is 7.57. The Labute approximate surface area is 250 Å². The summed E-state index contributed by atoms with van der Waals surface area (Å²) in [4.78, 5) is 5.27. The molecule has 220 valence electrons. The molecule has 0 radical (unpaired) electrons. The Morgan fingerprint density at radius 3 is 2.31 bits per heavy atom. The first-order valence-corrected chi connectivity index (χ1v) is 15.2. The van der Waals surface area contributed by atoms with Gasteiger partial charge in [-0.1, -0.05) is 36.0 Å². The first-order valence-electron chi connectivity index (χ1n) is 14.4. The first kappa shape index (κ1) is 29.8. The van der Waals surface area contributed by atoms with Crippen molar-refractivity contribution in [3.63, 3.8) is 0 Å². The minimum atomic E-state index is -2.44. The van der Waals surface area contributed by atoms with Gasteiger partial charge >= 0.3 is 0 Å². The normalized spacial score (nSPS) is 17.1. The van der Waals surface area contributed by atoms with Crippen LogP contribution in [0.4, 0.5) is 14.5 Å². The number of allylic oxidation sites excluding steroid dienone is 2. The highest BCUT2D eigenvalue weighted by Gasteiger charge is 2.25. The molecule has 0 amide bonds. The molecule has 2 aromatic carbocycles. The van der Waals surface area contributed by atoms with E-state index in [1.54, 1.807) is 30.5 Å². The van der Waals surface area contributed by atoms with E-state index < -0.39 is 5.76 Å². The second-order valence-corrected chi connectivity index (χ2v) is 11.1. The number of furan rings is 1. The lowest BCUT2D eigenvalue weighted by atomic mass is 10.1. The number of nitrogens with zero attached hydrogens (tertiary/aromatic N) is 4. The first-order chi connectivity index (χ1) is 20.5. The topological polar surface area (TPSA) is 53.6 Å². The number of halogens is 2. The molecule has 1 fully saturated rings. The molecular formula is C33H36F2N4O2S. The van der Waals surface area contributed by atoms with Crippen LogP contribution in [0.5, 0.6) is 0 Å². The van der Waals surface area contributed by atoms with Crippen LogP contribution in [0, 0.1) is 0 Å². The average molecular weight is 591 g/mol. The molecule has 1 aromatic heterocycles. The molecule has 2 heterocycles. The summed E-state index contributed by atoms with van der Waals surface area (Å²) in [6.07, 6.45) is 7.59. The number of rotatable bonds is 11. The van der Waals surface area contributed by atoms with Crippen LogP contribution in [-0.4, -0.2) is 62.5 Å². The summed E-state index contributed by atoms with van der Waals surface area (Å²) in [5.41, 5.74) is 6.96. The number of thioether (sulfide) groups is 1. The van der Waals surface area contributed by atoms with Crippen LogP contribution < -0.4 is 4.90 Å². The molecule has 3 aromatic rings. The zero-order chi connectivity index (χ0) is 29.3. The van der Waals surface area contributed by atoms with Gasteiger partial charge in [0.1, 0.15) is 11.5 Å². The summed E-state index contributed by atoms with van der Waals surface area (Å²) in [7, 11) is 0. The van der Waals surface area contributed by atoms with Crippen molar-refractivity contribution >= 4 is 36.0 Å². The van der Waals surface area contributed by atoms with Crippen molar-refractivity contribution in [2.75, 3.05) is 44.3 Å². The molecule has 1 aliphatic heterocycles. The van der Waals surface area contributed by atoms with Gasteiger partial charge in [-0.2, -0.15) is 19.0 Å². The maximum atomic E-state index is 12.6. The van der Waals surface area contributed by atoms with E-state index in [0.717, 1.165) is 44.6 Å². The monoisotopic (exact) mass is 590 g/mol. The van der Waals surface area contributed by atoms with Crippen LogP contribution in [0.3, 0.4) is 0 Å². The van der Waals surface area contributed by atoms with E-state index in [0.29, 0.717) is 41.4 Å². The molecule has 9 heteroatoms. The zero-order valence-corrected chi connectivity index (χ0v) is 24.8. The molecule has 2 aliphatic rings. The predicted molar refractivity (Wildman–Crippen MR) is 169 cm³/mol. The summed E-state index contributed by atoms with van der Waals surface area (Å²) in [6.45, 7) is 9.47. The minimum Gasteiger partial charge on any atom is -0.455 e. The summed E-state index contributed by atoms with van der Waals surface area (Å²) in [5.74, 6) is -1.23. The molecule has 0 N–H and O–H groups in total. The molecule has 1 saturated heterocycles. The largest absolute Gasteiger partial charge is 0.455 e. The van der Waals surface area contributed by atoms with Gasteiger partial charge in [0, 0.05) is 48.0 Å². The number of morpholine rings is 1. The number of anilines is 1. The molecule has 0 atom stereocenters. The lowest BCUT2D eigenvalue weighted by Gasteiger charge is -2.31. The second kappa shape index (κ2) is 14.5. The molecule has 0 saturated carbocycles. The van der Waals surface area contributed by atoms with Crippen LogP contribution in [0.15, 0.2) is 97.0 Å². The molecule has 5 rings (SSSR count). The quantitative estimate of drug-likeness (QED) is 0.129. The summed E-state index contributed by atoms with van der Waals surface area (Å²) in [5, 5.41) is 8.62. The molecule has 0 spiro atoms. The molecule has 42 heavy (non-hydrogen) atoms. The maximum absolute atomic E-state index is 12.6. The Morgan fingerprint density at radius 2 is 1.62 bits per heavy atom. The molecule has 0 unspecified atom stereocenters. The van der Waals surface area contributed by atoms with E-state index >= 15 is 0 Å². The van der Waals surface area contributed by atoms with Gasteiger partial charge in [0.25, 0.3) is 5.76 Å². The number of alkyl halides is 2. The summed E-state index contributed by atoms with van der Waals surface area (Å²) < 4.78 is 36.6. The van der Waals surface area contributed by atoms with Gasteiger partial charge < -0.3 is 19.0 Å². The predicted octanol–water partition coefficient (Wildman–Crippen LogP) is 7.98. The lowest BCUT2D eigenvalue weighted by molar-refractivity contribution is 0.0548. The Bertz CT molecular complexity index is 1440. The van der Waals surface area contributed by atoms with Gasteiger partial charge in [-0.3, -0.25) is 0 Å². The van der Waals surface area contributed by atoms with E-state index in [1.165, 1.54) is 28.1 Å². The smallest absolute Gasteiger partial charge is 0.288 e. The van der Waals surface area contributed by atoms with E-state index in [4.69, 9.17) is 9.15 Å². The fourth-order valence-electron chi connectivity index (χ4n) is 5.31. The van der Waals surface area contributed by atoms with Crippen LogP contribution in [0.2, 0.25) is 0 Å². The fourth-order valence-corrected chi connectivity index (χ4v) is 5.81. The molecular weight excluding hydrogens is 554 g/mol. The average Bonchev–Trinajstić information content (AvgIpc) is 3.64. The highest BCUT2D eigenvalue weighted by atomic mass is 32.2. The Balaban J connectivity index is 1.30. The molecule has 0 bridgehead atoms. The number of benzene rings is 2. The molecule has 6 nitrogen and oxygen atoms in total. The van der Waals surface area contributed by atoms with Crippen LogP contribution in [-0.2, 0) is 4.74 Å². The van der Waals surface area contributed by atoms with Crippen molar-refractivity contribution in [2.45, 2.75) is 37.3 Å². The Hall–Kier alpha value is -3.69. The van der Waals surface area contributed by atoms with Gasteiger partial charge in [-0.05, 0) is 85.9 Å². The molecule has 1 aliphatic carbocycles. The van der Waals surface area contributed by atoms with Crippen molar-refractivity contribution in [3.8, 4) is 11.3 Å². The lowest BCUT2D eigenvalue weighted by Crippen LogP contribution is -2.36. The second-order valence-electron chi connectivity index (χ2n) is 10.0. The fraction of sp³-hybridized carbons (Fsp3) is 0.333. The zero-order valence-electron chi connectivity index (χ0n) is 24.0. The summed E-state index contributed by atoms with van der Waals surface area (Å²) >= 11 is 0.525. The van der Waals surface area contributed by atoms with Crippen molar-refractivity contribution in [1.82, 2.24) is 4.90 Å². The maximum Gasteiger partial charge on any atom is 0.288 e. The minimum absolute atomic E-state index is 0.514. The third-order valence-electron chi connectivity index (χ3n) is 7.42.